The van der Waals surface area contributed by atoms with Crippen LogP contribution in [0.25, 0.3) is 0 Å². The Kier molecular flexibility index (Phi) is 5.48. The number of benzene rings is 1. The van der Waals surface area contributed by atoms with Crippen molar-refractivity contribution in [3.8, 4) is 11.5 Å². The van der Waals surface area contributed by atoms with Crippen LogP contribution in [0.3, 0.4) is 0 Å². The minimum absolute atomic E-state index is 0.0315. The van der Waals surface area contributed by atoms with Gasteiger partial charge in [-0.05, 0) is 43.4 Å². The average Bonchev–Trinajstić information content (AvgIpc) is 3.16. The number of piperidine rings is 1. The second-order valence-corrected chi connectivity index (χ2v) is 7.66. The van der Waals surface area contributed by atoms with Crippen LogP contribution in [0.15, 0.2) is 34.7 Å². The first kappa shape index (κ1) is 18.1. The number of fused-ring (bicyclic) bond motifs is 1. The quantitative estimate of drug-likeness (QED) is 0.844. The third-order valence-electron chi connectivity index (χ3n) is 4.78. The van der Waals surface area contributed by atoms with Crippen molar-refractivity contribution in [1.82, 2.24) is 4.90 Å². The number of anilines is 1. The van der Waals surface area contributed by atoms with Crippen LogP contribution in [0.1, 0.15) is 29.2 Å². The Balaban J connectivity index is 1.39. The number of carbonyl (C=O) groups excluding carboxylic acids is 1. The van der Waals surface area contributed by atoms with Gasteiger partial charge in [-0.1, -0.05) is 0 Å². The number of nitrogens with one attached hydrogen (secondary N) is 1. The van der Waals surface area contributed by atoms with Gasteiger partial charge in [0, 0.05) is 30.9 Å². The van der Waals surface area contributed by atoms with E-state index in [9.17, 15) is 4.79 Å². The van der Waals surface area contributed by atoms with Gasteiger partial charge in [-0.3, -0.25) is 4.79 Å². The van der Waals surface area contributed by atoms with Crippen LogP contribution in [-0.2, 0) is 5.75 Å². The predicted octanol–water partition coefficient (Wildman–Crippen LogP) is 3.63. The van der Waals surface area contributed by atoms with E-state index in [1.165, 1.54) is 0 Å². The summed E-state index contributed by atoms with van der Waals surface area (Å²) in [5.41, 5.74) is 0.985. The standard InChI is InChI=1S/C20H24N2O4S/c1-27-13-16-5-7-18(26-16)20(23)22-8-2-3-15(12-22)21-14-4-6-17-19(11-14)25-10-9-24-17/h4-7,11,15,21H,2-3,8-10,12-13H2,1H3/t15-/m1/s1. The van der Waals surface area contributed by atoms with E-state index in [1.807, 2.05) is 35.4 Å². The Labute approximate surface area is 163 Å². The maximum Gasteiger partial charge on any atom is 0.289 e. The van der Waals surface area contributed by atoms with Gasteiger partial charge in [-0.2, -0.15) is 11.8 Å². The van der Waals surface area contributed by atoms with Gasteiger partial charge in [0.1, 0.15) is 19.0 Å². The van der Waals surface area contributed by atoms with Crippen molar-refractivity contribution in [3.05, 3.63) is 41.9 Å². The zero-order valence-electron chi connectivity index (χ0n) is 15.4. The van der Waals surface area contributed by atoms with Crippen molar-refractivity contribution in [2.24, 2.45) is 0 Å². The highest BCUT2D eigenvalue weighted by molar-refractivity contribution is 7.97. The second-order valence-electron chi connectivity index (χ2n) is 6.79. The number of ether oxygens (including phenoxy) is 2. The van der Waals surface area contributed by atoms with Crippen molar-refractivity contribution < 1.29 is 18.7 Å². The van der Waals surface area contributed by atoms with Gasteiger partial charge in [-0.25, -0.2) is 0 Å². The largest absolute Gasteiger partial charge is 0.486 e. The molecule has 0 aliphatic carbocycles. The van der Waals surface area contributed by atoms with E-state index in [1.54, 1.807) is 17.8 Å². The lowest BCUT2D eigenvalue weighted by Gasteiger charge is -2.33. The van der Waals surface area contributed by atoms with E-state index in [0.29, 0.717) is 25.5 Å². The van der Waals surface area contributed by atoms with Crippen LogP contribution in [-0.4, -0.2) is 49.4 Å². The number of carbonyl (C=O) groups is 1. The van der Waals surface area contributed by atoms with Crippen LogP contribution in [0.4, 0.5) is 5.69 Å². The smallest absolute Gasteiger partial charge is 0.289 e. The third-order valence-corrected chi connectivity index (χ3v) is 5.35. The van der Waals surface area contributed by atoms with Gasteiger partial charge in [0.15, 0.2) is 17.3 Å². The van der Waals surface area contributed by atoms with Crippen LogP contribution < -0.4 is 14.8 Å². The van der Waals surface area contributed by atoms with Crippen molar-refractivity contribution in [2.75, 3.05) is 37.9 Å². The number of hydrogen-bond donors (Lipinski definition) is 1. The van der Waals surface area contributed by atoms with Gasteiger partial charge < -0.3 is 24.1 Å². The van der Waals surface area contributed by atoms with Crippen molar-refractivity contribution in [1.29, 1.82) is 0 Å². The number of rotatable bonds is 5. The number of nitrogens with zero attached hydrogens (tertiary/aromatic N) is 1. The van der Waals surface area contributed by atoms with Crippen LogP contribution in [0.2, 0.25) is 0 Å². The fourth-order valence-corrected chi connectivity index (χ4v) is 3.96. The van der Waals surface area contributed by atoms with Gasteiger partial charge in [-0.15, -0.1) is 0 Å². The molecule has 144 valence electrons. The Morgan fingerprint density at radius 2 is 2.07 bits per heavy atom. The molecule has 1 N–H and O–H groups in total. The number of likely N-dealkylation sites (tertiary alicyclic amines) is 1. The summed E-state index contributed by atoms with van der Waals surface area (Å²) in [7, 11) is 0. The summed E-state index contributed by atoms with van der Waals surface area (Å²) in [5, 5.41) is 3.53. The van der Waals surface area contributed by atoms with Gasteiger partial charge in [0.05, 0.1) is 5.75 Å². The summed E-state index contributed by atoms with van der Waals surface area (Å²) in [6.07, 6.45) is 4.00. The monoisotopic (exact) mass is 388 g/mol. The Morgan fingerprint density at radius 3 is 2.93 bits per heavy atom. The molecule has 1 aromatic carbocycles. The normalized spacial score (nSPS) is 19.0. The summed E-state index contributed by atoms with van der Waals surface area (Å²) in [6.45, 7) is 2.58. The molecule has 0 spiro atoms. The van der Waals surface area contributed by atoms with E-state index < -0.39 is 0 Å². The van der Waals surface area contributed by atoms with E-state index >= 15 is 0 Å². The molecule has 3 heterocycles. The Bertz CT molecular complexity index is 807. The van der Waals surface area contributed by atoms with E-state index in [-0.39, 0.29) is 11.9 Å². The summed E-state index contributed by atoms with van der Waals surface area (Å²) in [4.78, 5) is 14.6. The lowest BCUT2D eigenvalue weighted by molar-refractivity contribution is 0.0681. The molecular formula is C20H24N2O4S. The molecule has 1 amide bonds. The maximum atomic E-state index is 12.8. The summed E-state index contributed by atoms with van der Waals surface area (Å²) >= 11 is 1.68. The summed E-state index contributed by atoms with van der Waals surface area (Å²) in [5.74, 6) is 3.57. The minimum atomic E-state index is -0.0315. The van der Waals surface area contributed by atoms with Crippen LogP contribution >= 0.6 is 11.8 Å². The molecule has 0 radical (unpaired) electrons. The molecule has 0 bridgehead atoms. The fraction of sp³-hybridized carbons (Fsp3) is 0.450. The first-order valence-corrected chi connectivity index (χ1v) is 10.7. The zero-order valence-corrected chi connectivity index (χ0v) is 16.2. The number of thioether (sulfide) groups is 1. The van der Waals surface area contributed by atoms with Crippen molar-refractivity contribution in [2.45, 2.75) is 24.6 Å². The molecule has 2 aliphatic rings. The highest BCUT2D eigenvalue weighted by atomic mass is 32.2. The summed E-state index contributed by atoms with van der Waals surface area (Å²) in [6, 6.07) is 9.76. The molecule has 0 unspecified atom stereocenters. The molecule has 2 aliphatic heterocycles. The van der Waals surface area contributed by atoms with E-state index in [0.717, 1.165) is 48.1 Å². The highest BCUT2D eigenvalue weighted by Crippen LogP contribution is 2.33. The Morgan fingerprint density at radius 1 is 1.22 bits per heavy atom. The first-order chi connectivity index (χ1) is 13.2. The predicted molar refractivity (Wildman–Crippen MR) is 106 cm³/mol. The van der Waals surface area contributed by atoms with Crippen LogP contribution in [0.5, 0.6) is 11.5 Å². The Hall–Kier alpha value is -2.28. The second kappa shape index (κ2) is 8.17. The molecule has 7 heteroatoms. The molecule has 27 heavy (non-hydrogen) atoms. The van der Waals surface area contributed by atoms with E-state index in [4.69, 9.17) is 13.9 Å². The molecule has 2 aromatic rings. The highest BCUT2D eigenvalue weighted by Gasteiger charge is 2.26. The van der Waals surface area contributed by atoms with E-state index in [2.05, 4.69) is 5.32 Å². The third kappa shape index (κ3) is 4.18. The molecule has 1 aromatic heterocycles. The lowest BCUT2D eigenvalue weighted by Crippen LogP contribution is -2.45. The SMILES string of the molecule is CSCc1ccc(C(=O)N2CCC[C@@H](Nc3ccc4c(c3)OCCO4)C2)o1. The first-order valence-electron chi connectivity index (χ1n) is 9.26. The van der Waals surface area contributed by atoms with Crippen molar-refractivity contribution >= 4 is 23.4 Å². The molecule has 0 saturated carbocycles. The molecule has 1 atom stereocenters. The summed E-state index contributed by atoms with van der Waals surface area (Å²) < 4.78 is 16.9. The molecule has 4 rings (SSSR count). The lowest BCUT2D eigenvalue weighted by atomic mass is 10.0. The molecule has 1 fully saturated rings. The zero-order chi connectivity index (χ0) is 18.6. The minimum Gasteiger partial charge on any atom is -0.486 e. The van der Waals surface area contributed by atoms with Gasteiger partial charge in [0.25, 0.3) is 5.91 Å². The van der Waals surface area contributed by atoms with Gasteiger partial charge in [0.2, 0.25) is 0 Å². The maximum absolute atomic E-state index is 12.8. The number of furan rings is 1. The molecular weight excluding hydrogens is 364 g/mol. The molecule has 6 nitrogen and oxygen atoms in total. The fourth-order valence-electron chi connectivity index (χ4n) is 3.52. The number of hydrogen-bond acceptors (Lipinski definition) is 6. The molecule has 1 saturated heterocycles. The average molecular weight is 388 g/mol. The van der Waals surface area contributed by atoms with Crippen molar-refractivity contribution in [3.63, 3.8) is 0 Å². The van der Waals surface area contributed by atoms with Gasteiger partial charge >= 0.3 is 0 Å². The number of amides is 1. The van der Waals surface area contributed by atoms with Crippen LogP contribution in [0, 0.1) is 0 Å². The topological polar surface area (TPSA) is 63.9 Å².